The Balaban J connectivity index is 2.84. The van der Waals surface area contributed by atoms with Gasteiger partial charge in [-0.1, -0.05) is 59.3 Å². The topological polar surface area (TPSA) is 126 Å². The fourth-order valence-electron chi connectivity index (χ4n) is 2.71. The van der Waals surface area contributed by atoms with Crippen LogP contribution in [0.2, 0.25) is 0 Å². The van der Waals surface area contributed by atoms with Crippen molar-refractivity contribution in [1.29, 1.82) is 0 Å². The maximum atomic E-state index is 12.1. The molecule has 0 atom stereocenters. The van der Waals surface area contributed by atoms with E-state index in [4.69, 9.17) is 0 Å². The molecule has 0 saturated heterocycles. The Kier molecular flexibility index (Phi) is 13.0. The normalized spacial score (nSPS) is 10.5. The standard InChI is InChI=1S/C21H36N6O3/c1-4-7-10-13-16(28)22-19-25-20(23-17(29)14-11-8-5-2)27-21(26-19)24-18(30)15-12-9-6-3/h4-15H2,1-3H3,(H3,22,23,24,25,26,27,28,29,30). The Hall–Kier alpha value is -2.58. The number of hydrogen-bond acceptors (Lipinski definition) is 6. The Labute approximate surface area is 179 Å². The summed E-state index contributed by atoms with van der Waals surface area (Å²) in [5, 5.41) is 7.89. The van der Waals surface area contributed by atoms with Crippen molar-refractivity contribution in [3.05, 3.63) is 0 Å². The van der Waals surface area contributed by atoms with Crippen LogP contribution in [0.5, 0.6) is 0 Å². The molecule has 0 aromatic carbocycles. The van der Waals surface area contributed by atoms with Gasteiger partial charge in [0.05, 0.1) is 0 Å². The maximum Gasteiger partial charge on any atom is 0.236 e. The van der Waals surface area contributed by atoms with E-state index in [9.17, 15) is 14.4 Å². The molecule has 1 heterocycles. The van der Waals surface area contributed by atoms with Crippen molar-refractivity contribution in [2.45, 2.75) is 97.8 Å². The van der Waals surface area contributed by atoms with E-state index < -0.39 is 0 Å². The van der Waals surface area contributed by atoms with Crippen molar-refractivity contribution in [2.24, 2.45) is 0 Å². The molecule has 30 heavy (non-hydrogen) atoms. The molecule has 0 radical (unpaired) electrons. The van der Waals surface area contributed by atoms with Crippen molar-refractivity contribution in [1.82, 2.24) is 15.0 Å². The van der Waals surface area contributed by atoms with Crippen LogP contribution in [-0.2, 0) is 14.4 Å². The molecule has 0 spiro atoms. The number of nitrogens with zero attached hydrogens (tertiary/aromatic N) is 3. The molecule has 0 aliphatic heterocycles. The molecule has 0 aliphatic carbocycles. The maximum absolute atomic E-state index is 12.1. The fraction of sp³-hybridized carbons (Fsp3) is 0.714. The summed E-state index contributed by atoms with van der Waals surface area (Å²) in [7, 11) is 0. The largest absolute Gasteiger partial charge is 0.294 e. The molecule has 3 N–H and O–H groups in total. The first-order valence-electron chi connectivity index (χ1n) is 11.1. The van der Waals surface area contributed by atoms with E-state index in [1.807, 2.05) is 0 Å². The van der Waals surface area contributed by atoms with Gasteiger partial charge in [-0.2, -0.15) is 15.0 Å². The molecule has 0 fully saturated rings. The minimum atomic E-state index is -0.213. The number of aromatic nitrogens is 3. The van der Waals surface area contributed by atoms with E-state index in [0.717, 1.165) is 57.8 Å². The molecule has 0 bridgehead atoms. The van der Waals surface area contributed by atoms with E-state index in [1.54, 1.807) is 0 Å². The minimum Gasteiger partial charge on any atom is -0.294 e. The van der Waals surface area contributed by atoms with Crippen LogP contribution in [0, 0.1) is 0 Å². The predicted molar refractivity (Wildman–Crippen MR) is 118 cm³/mol. The number of anilines is 3. The first kappa shape index (κ1) is 25.5. The zero-order valence-corrected chi connectivity index (χ0v) is 18.6. The first-order chi connectivity index (χ1) is 14.5. The average Bonchev–Trinajstić information content (AvgIpc) is 2.68. The number of hydrogen-bond donors (Lipinski definition) is 3. The molecule has 168 valence electrons. The highest BCUT2D eigenvalue weighted by molar-refractivity contribution is 5.92. The van der Waals surface area contributed by atoms with Gasteiger partial charge < -0.3 is 0 Å². The lowest BCUT2D eigenvalue weighted by Crippen LogP contribution is -2.20. The van der Waals surface area contributed by atoms with Crippen molar-refractivity contribution >= 4 is 35.6 Å². The Morgan fingerprint density at radius 3 is 1.03 bits per heavy atom. The summed E-state index contributed by atoms with van der Waals surface area (Å²) in [5.74, 6) is -0.599. The minimum absolute atomic E-state index is 0.0132. The lowest BCUT2D eigenvalue weighted by molar-refractivity contribution is -0.117. The zero-order chi connectivity index (χ0) is 22.2. The van der Waals surface area contributed by atoms with Gasteiger partial charge in [0, 0.05) is 19.3 Å². The van der Waals surface area contributed by atoms with E-state index in [2.05, 4.69) is 51.7 Å². The number of carbonyl (C=O) groups excluding carboxylic acids is 3. The molecule has 1 aromatic rings. The van der Waals surface area contributed by atoms with Crippen molar-refractivity contribution in [2.75, 3.05) is 16.0 Å². The molecule has 3 amide bonds. The van der Waals surface area contributed by atoms with Crippen LogP contribution in [0.3, 0.4) is 0 Å². The van der Waals surface area contributed by atoms with Crippen LogP contribution in [0.15, 0.2) is 0 Å². The van der Waals surface area contributed by atoms with Crippen LogP contribution in [0.4, 0.5) is 17.8 Å². The Morgan fingerprint density at radius 2 is 0.800 bits per heavy atom. The number of amides is 3. The smallest absolute Gasteiger partial charge is 0.236 e. The number of rotatable bonds is 15. The third-order valence-electron chi connectivity index (χ3n) is 4.41. The van der Waals surface area contributed by atoms with Crippen LogP contribution < -0.4 is 16.0 Å². The van der Waals surface area contributed by atoms with Gasteiger partial charge in [-0.25, -0.2) is 0 Å². The summed E-state index contributed by atoms with van der Waals surface area (Å²) in [6.07, 6.45) is 9.32. The van der Waals surface area contributed by atoms with Crippen LogP contribution in [0.25, 0.3) is 0 Å². The van der Waals surface area contributed by atoms with Crippen LogP contribution in [-0.4, -0.2) is 32.7 Å². The molecule has 9 nitrogen and oxygen atoms in total. The quantitative estimate of drug-likeness (QED) is 0.360. The van der Waals surface area contributed by atoms with Crippen molar-refractivity contribution < 1.29 is 14.4 Å². The molecule has 0 unspecified atom stereocenters. The summed E-state index contributed by atoms with van der Waals surface area (Å²) in [4.78, 5) is 48.7. The van der Waals surface area contributed by atoms with Gasteiger partial charge in [0.1, 0.15) is 0 Å². The van der Waals surface area contributed by atoms with Crippen molar-refractivity contribution in [3.63, 3.8) is 0 Å². The Bertz CT molecular complexity index is 578. The zero-order valence-electron chi connectivity index (χ0n) is 18.6. The highest BCUT2D eigenvalue weighted by Crippen LogP contribution is 2.12. The van der Waals surface area contributed by atoms with Gasteiger partial charge in [-0.05, 0) is 19.3 Å². The van der Waals surface area contributed by atoms with Crippen LogP contribution in [0.1, 0.15) is 97.8 Å². The number of nitrogens with one attached hydrogen (secondary N) is 3. The molecule has 1 aromatic heterocycles. The third-order valence-corrected chi connectivity index (χ3v) is 4.41. The average molecular weight is 421 g/mol. The number of unbranched alkanes of at least 4 members (excludes halogenated alkanes) is 6. The summed E-state index contributed by atoms with van der Waals surface area (Å²) in [5.41, 5.74) is 0. The molecular weight excluding hydrogens is 384 g/mol. The van der Waals surface area contributed by atoms with Gasteiger partial charge >= 0.3 is 0 Å². The summed E-state index contributed by atoms with van der Waals surface area (Å²) >= 11 is 0. The highest BCUT2D eigenvalue weighted by Gasteiger charge is 2.13. The summed E-state index contributed by atoms with van der Waals surface area (Å²) < 4.78 is 0. The van der Waals surface area contributed by atoms with E-state index in [-0.39, 0.29) is 35.6 Å². The Morgan fingerprint density at radius 1 is 0.533 bits per heavy atom. The lowest BCUT2D eigenvalue weighted by Gasteiger charge is -2.10. The summed E-state index contributed by atoms with van der Waals surface area (Å²) in [6.45, 7) is 6.19. The van der Waals surface area contributed by atoms with E-state index in [0.29, 0.717) is 19.3 Å². The van der Waals surface area contributed by atoms with Gasteiger partial charge in [0.15, 0.2) is 0 Å². The third kappa shape index (κ3) is 11.4. The molecule has 0 aliphatic rings. The SMILES string of the molecule is CCCCCC(=O)Nc1nc(NC(=O)CCCCC)nc(NC(=O)CCCCC)n1. The van der Waals surface area contributed by atoms with E-state index >= 15 is 0 Å². The van der Waals surface area contributed by atoms with Crippen molar-refractivity contribution in [3.8, 4) is 0 Å². The summed E-state index contributed by atoms with van der Waals surface area (Å²) in [6, 6.07) is 0. The second-order valence-electron chi connectivity index (χ2n) is 7.32. The molecule has 0 saturated carbocycles. The first-order valence-corrected chi connectivity index (χ1v) is 11.1. The van der Waals surface area contributed by atoms with Crippen LogP contribution >= 0.6 is 0 Å². The lowest BCUT2D eigenvalue weighted by atomic mass is 10.2. The van der Waals surface area contributed by atoms with Gasteiger partial charge in [0.25, 0.3) is 0 Å². The van der Waals surface area contributed by atoms with Gasteiger partial charge in [-0.15, -0.1) is 0 Å². The molecule has 9 heteroatoms. The number of carbonyl (C=O) groups is 3. The fourth-order valence-corrected chi connectivity index (χ4v) is 2.71. The highest BCUT2D eigenvalue weighted by atomic mass is 16.2. The van der Waals surface area contributed by atoms with Gasteiger partial charge in [0.2, 0.25) is 35.6 Å². The monoisotopic (exact) mass is 420 g/mol. The molecule has 1 rings (SSSR count). The van der Waals surface area contributed by atoms with E-state index in [1.165, 1.54) is 0 Å². The van der Waals surface area contributed by atoms with Gasteiger partial charge in [-0.3, -0.25) is 30.3 Å². The molecular formula is C21H36N6O3. The second kappa shape index (κ2) is 15.3. The predicted octanol–water partition coefficient (Wildman–Crippen LogP) is 4.43. The second-order valence-corrected chi connectivity index (χ2v) is 7.32.